The predicted molar refractivity (Wildman–Crippen MR) is 46.8 cm³/mol. The summed E-state index contributed by atoms with van der Waals surface area (Å²) in [5.74, 6) is -1.39. The van der Waals surface area contributed by atoms with E-state index < -0.39 is 30.4 Å². The monoisotopic (exact) mass is 208 g/mol. The zero-order valence-corrected chi connectivity index (χ0v) is 8.17. The summed E-state index contributed by atoms with van der Waals surface area (Å²) in [5, 5.41) is 35.9. The number of hydrogen-bond acceptors (Lipinski definition) is 5. The summed E-state index contributed by atoms with van der Waals surface area (Å²) in [5.41, 5.74) is -1.91. The van der Waals surface area contributed by atoms with Crippen molar-refractivity contribution in [2.24, 2.45) is 0 Å². The molecular formula is C8H16O6. The quantitative estimate of drug-likeness (QED) is 0.427. The Bertz CT molecular complexity index is 194. The predicted octanol–water partition coefficient (Wildman–Crippen LogP) is -1.42. The summed E-state index contributed by atoms with van der Waals surface area (Å²) in [6.07, 6.45) is -3.22. The van der Waals surface area contributed by atoms with E-state index in [0.29, 0.717) is 0 Å². The highest BCUT2D eigenvalue weighted by Crippen LogP contribution is 2.19. The van der Waals surface area contributed by atoms with Crippen molar-refractivity contribution in [3.63, 3.8) is 0 Å². The number of carboxylic acids is 1. The average molecular weight is 208 g/mol. The molecule has 3 atom stereocenters. The van der Waals surface area contributed by atoms with E-state index in [1.807, 2.05) is 0 Å². The normalized spacial score (nSPS) is 19.8. The molecular weight excluding hydrogens is 192 g/mol. The van der Waals surface area contributed by atoms with E-state index >= 15 is 0 Å². The molecule has 0 saturated heterocycles. The molecule has 0 heterocycles. The van der Waals surface area contributed by atoms with E-state index in [0.717, 1.165) is 6.92 Å². The van der Waals surface area contributed by atoms with E-state index in [1.54, 1.807) is 6.92 Å². The van der Waals surface area contributed by atoms with Crippen LogP contribution in [0.3, 0.4) is 0 Å². The highest BCUT2D eigenvalue weighted by molar-refractivity contribution is 5.78. The van der Waals surface area contributed by atoms with Crippen LogP contribution < -0.4 is 0 Å². The zero-order valence-electron chi connectivity index (χ0n) is 8.17. The molecule has 4 N–H and O–H groups in total. The molecule has 0 aromatic heterocycles. The van der Waals surface area contributed by atoms with Gasteiger partial charge in [-0.2, -0.15) is 0 Å². The number of carbonyl (C=O) groups is 1. The number of ether oxygens (including phenoxy) is 1. The number of aliphatic hydroxyl groups excluding tert-OH is 3. The molecule has 0 aromatic carbocycles. The first kappa shape index (κ1) is 13.3. The van der Waals surface area contributed by atoms with Gasteiger partial charge in [-0.1, -0.05) is 0 Å². The molecule has 0 saturated carbocycles. The van der Waals surface area contributed by atoms with Crippen molar-refractivity contribution in [1.29, 1.82) is 0 Å². The van der Waals surface area contributed by atoms with E-state index in [4.69, 9.17) is 20.1 Å². The number of aliphatic hydroxyl groups is 3. The van der Waals surface area contributed by atoms with Gasteiger partial charge in [0.15, 0.2) is 5.60 Å². The molecule has 0 bridgehead atoms. The van der Waals surface area contributed by atoms with Crippen molar-refractivity contribution in [3.8, 4) is 0 Å². The van der Waals surface area contributed by atoms with Crippen LogP contribution in [0, 0.1) is 0 Å². The largest absolute Gasteiger partial charge is 0.479 e. The van der Waals surface area contributed by atoms with Crippen molar-refractivity contribution >= 4 is 5.97 Å². The molecule has 0 aliphatic rings. The molecule has 0 radical (unpaired) electrons. The van der Waals surface area contributed by atoms with Crippen molar-refractivity contribution < 1.29 is 30.0 Å². The van der Waals surface area contributed by atoms with Crippen LogP contribution in [-0.2, 0) is 9.53 Å². The minimum Gasteiger partial charge on any atom is -0.479 e. The molecule has 0 aromatic rings. The van der Waals surface area contributed by atoms with Crippen LogP contribution in [0.2, 0.25) is 0 Å². The Morgan fingerprint density at radius 3 is 2.29 bits per heavy atom. The van der Waals surface area contributed by atoms with Crippen LogP contribution in [0.15, 0.2) is 0 Å². The number of aliphatic carboxylic acids is 1. The van der Waals surface area contributed by atoms with Gasteiger partial charge in [-0.25, -0.2) is 4.79 Å². The van der Waals surface area contributed by atoms with E-state index in [9.17, 15) is 9.90 Å². The van der Waals surface area contributed by atoms with Crippen molar-refractivity contribution in [2.45, 2.75) is 31.7 Å². The van der Waals surface area contributed by atoms with Gasteiger partial charge < -0.3 is 25.2 Å². The maximum Gasteiger partial charge on any atom is 0.338 e. The van der Waals surface area contributed by atoms with Gasteiger partial charge in [0.2, 0.25) is 0 Å². The lowest BCUT2D eigenvalue weighted by Gasteiger charge is -2.32. The molecule has 0 rings (SSSR count). The van der Waals surface area contributed by atoms with Gasteiger partial charge in [-0.15, -0.1) is 0 Å². The highest BCUT2D eigenvalue weighted by atomic mass is 16.5. The lowest BCUT2D eigenvalue weighted by atomic mass is 9.94. The molecule has 6 heteroatoms. The van der Waals surface area contributed by atoms with Gasteiger partial charge >= 0.3 is 5.97 Å². The minimum atomic E-state index is -1.91. The summed E-state index contributed by atoms with van der Waals surface area (Å²) < 4.78 is 4.86. The second kappa shape index (κ2) is 5.26. The average Bonchev–Trinajstić information content (AvgIpc) is 2.15. The smallest absolute Gasteiger partial charge is 0.338 e. The van der Waals surface area contributed by atoms with Gasteiger partial charge in [0.1, 0.15) is 12.2 Å². The molecule has 0 fully saturated rings. The molecule has 84 valence electrons. The number of carboxylic acid groups (broad SMARTS) is 1. The van der Waals surface area contributed by atoms with Crippen LogP contribution >= 0.6 is 0 Å². The fourth-order valence-electron chi connectivity index (χ4n) is 1.04. The highest BCUT2D eigenvalue weighted by Gasteiger charge is 2.45. The first-order valence-corrected chi connectivity index (χ1v) is 4.24. The van der Waals surface area contributed by atoms with E-state index in [-0.39, 0.29) is 6.61 Å². The van der Waals surface area contributed by atoms with Gasteiger partial charge in [-0.3, -0.25) is 0 Å². The van der Waals surface area contributed by atoms with Crippen LogP contribution in [0.25, 0.3) is 0 Å². The third kappa shape index (κ3) is 2.65. The lowest BCUT2D eigenvalue weighted by molar-refractivity contribution is -0.191. The van der Waals surface area contributed by atoms with Gasteiger partial charge in [-0.05, 0) is 13.8 Å². The van der Waals surface area contributed by atoms with Crippen molar-refractivity contribution in [3.05, 3.63) is 0 Å². The zero-order chi connectivity index (χ0) is 11.4. The summed E-state index contributed by atoms with van der Waals surface area (Å²) in [6, 6.07) is 0. The van der Waals surface area contributed by atoms with Gasteiger partial charge in [0, 0.05) is 6.61 Å². The summed E-state index contributed by atoms with van der Waals surface area (Å²) in [7, 11) is 0. The molecule has 6 nitrogen and oxygen atoms in total. The SMILES string of the molecule is CCO[C@@](C)(C(=O)O)[C@H](O)[C@H](O)CO. The Morgan fingerprint density at radius 1 is 1.50 bits per heavy atom. The Labute approximate surface area is 81.7 Å². The van der Waals surface area contributed by atoms with Crippen LogP contribution in [-0.4, -0.2) is 57.4 Å². The third-order valence-electron chi connectivity index (χ3n) is 1.98. The first-order chi connectivity index (χ1) is 6.40. The third-order valence-corrected chi connectivity index (χ3v) is 1.98. The topological polar surface area (TPSA) is 107 Å². The maximum atomic E-state index is 10.8. The first-order valence-electron chi connectivity index (χ1n) is 4.24. The summed E-state index contributed by atoms with van der Waals surface area (Å²) >= 11 is 0. The van der Waals surface area contributed by atoms with Crippen LogP contribution in [0.1, 0.15) is 13.8 Å². The Hall–Kier alpha value is -0.690. The van der Waals surface area contributed by atoms with Gasteiger partial charge in [0.25, 0.3) is 0 Å². The number of hydrogen-bond donors (Lipinski definition) is 4. The maximum absolute atomic E-state index is 10.8. The minimum absolute atomic E-state index is 0.0814. The molecule has 0 aliphatic carbocycles. The lowest BCUT2D eigenvalue weighted by Crippen LogP contribution is -2.55. The van der Waals surface area contributed by atoms with Crippen molar-refractivity contribution in [2.75, 3.05) is 13.2 Å². The van der Waals surface area contributed by atoms with Crippen LogP contribution in [0.5, 0.6) is 0 Å². The summed E-state index contributed by atoms with van der Waals surface area (Å²) in [4.78, 5) is 10.8. The molecule has 0 unspecified atom stereocenters. The Balaban J connectivity index is 4.72. The Kier molecular flexibility index (Phi) is 5.00. The molecule has 14 heavy (non-hydrogen) atoms. The van der Waals surface area contributed by atoms with E-state index in [2.05, 4.69) is 0 Å². The second-order valence-corrected chi connectivity index (χ2v) is 3.04. The van der Waals surface area contributed by atoms with Gasteiger partial charge in [0.05, 0.1) is 6.61 Å². The summed E-state index contributed by atoms with van der Waals surface area (Å²) in [6.45, 7) is 2.07. The number of rotatable bonds is 6. The van der Waals surface area contributed by atoms with Crippen LogP contribution in [0.4, 0.5) is 0 Å². The molecule has 0 aliphatic heterocycles. The fourth-order valence-corrected chi connectivity index (χ4v) is 1.04. The fraction of sp³-hybridized carbons (Fsp3) is 0.875. The van der Waals surface area contributed by atoms with E-state index in [1.165, 1.54) is 0 Å². The second-order valence-electron chi connectivity index (χ2n) is 3.04. The van der Waals surface area contributed by atoms with Crippen molar-refractivity contribution in [1.82, 2.24) is 0 Å². The standard InChI is InChI=1S/C8H16O6/c1-3-14-8(2,7(12)13)6(11)5(10)4-9/h5-6,9-11H,3-4H2,1-2H3,(H,12,13)/t5-,6-,8-/m1/s1. The molecule has 0 amide bonds. The Morgan fingerprint density at radius 2 is 2.00 bits per heavy atom. The molecule has 0 spiro atoms.